The largest absolute Gasteiger partial charge is 0.332 e. The second kappa shape index (κ2) is 8.63. The molecule has 8 nitrogen and oxygen atoms in total. The van der Waals surface area contributed by atoms with E-state index in [-0.39, 0.29) is 35.7 Å². The quantitative estimate of drug-likeness (QED) is 0.729. The van der Waals surface area contributed by atoms with Crippen molar-refractivity contribution in [2.24, 2.45) is 5.92 Å². The minimum Gasteiger partial charge on any atom is -0.332 e. The van der Waals surface area contributed by atoms with E-state index in [1.807, 2.05) is 4.90 Å². The van der Waals surface area contributed by atoms with E-state index >= 15 is 0 Å². The van der Waals surface area contributed by atoms with E-state index in [0.29, 0.717) is 36.6 Å². The number of carbonyl (C=O) groups is 1. The van der Waals surface area contributed by atoms with Gasteiger partial charge >= 0.3 is 0 Å². The molecule has 0 unspecified atom stereocenters. The minimum atomic E-state index is -3.34. The summed E-state index contributed by atoms with van der Waals surface area (Å²) in [7, 11) is -3.34. The van der Waals surface area contributed by atoms with Crippen molar-refractivity contribution in [3.63, 3.8) is 0 Å². The summed E-state index contributed by atoms with van der Waals surface area (Å²) in [4.78, 5) is 35.5. The molecule has 2 atom stereocenters. The van der Waals surface area contributed by atoms with Crippen LogP contribution in [0.4, 0.5) is 0 Å². The lowest BCUT2D eigenvalue weighted by Crippen LogP contribution is -2.44. The van der Waals surface area contributed by atoms with Gasteiger partial charge in [-0.25, -0.2) is 13.4 Å². The van der Waals surface area contributed by atoms with Crippen LogP contribution in [0, 0.1) is 5.92 Å². The predicted molar refractivity (Wildman–Crippen MR) is 113 cm³/mol. The van der Waals surface area contributed by atoms with Gasteiger partial charge in [-0.05, 0) is 51.9 Å². The molecule has 2 aliphatic heterocycles. The molecule has 0 saturated carbocycles. The smallest absolute Gasteiger partial charge is 0.254 e. The molecule has 0 bridgehead atoms. The molecule has 1 aromatic heterocycles. The second-order valence-corrected chi connectivity index (χ2v) is 10.6. The number of likely N-dealkylation sites (tertiary alicyclic amines) is 1. The maximum Gasteiger partial charge on any atom is 0.254 e. The summed E-state index contributed by atoms with van der Waals surface area (Å²) in [5, 5.41) is 0. The van der Waals surface area contributed by atoms with Crippen LogP contribution in [-0.2, 0) is 27.8 Å². The van der Waals surface area contributed by atoms with E-state index in [2.05, 4.69) is 17.1 Å². The highest BCUT2D eigenvalue weighted by molar-refractivity contribution is 7.89. The number of rotatable bonds is 4. The number of hydrogen-bond acceptors (Lipinski definition) is 5. The highest BCUT2D eigenvalue weighted by atomic mass is 32.2. The lowest BCUT2D eigenvalue weighted by Gasteiger charge is -2.38. The fourth-order valence-corrected chi connectivity index (χ4v) is 5.80. The lowest BCUT2D eigenvalue weighted by molar-refractivity contribution is -0.140. The Morgan fingerprint density at radius 2 is 2.07 bits per heavy atom. The summed E-state index contributed by atoms with van der Waals surface area (Å²) >= 11 is 0. The molecule has 3 heterocycles. The molecule has 1 aliphatic carbocycles. The molecule has 0 spiro atoms. The summed E-state index contributed by atoms with van der Waals surface area (Å²) in [5.41, 5.74) is 0.880. The summed E-state index contributed by atoms with van der Waals surface area (Å²) in [5.74, 6) is 0.651. The van der Waals surface area contributed by atoms with Crippen LogP contribution >= 0.6 is 0 Å². The maximum atomic E-state index is 13.2. The van der Waals surface area contributed by atoms with Gasteiger partial charge in [0.1, 0.15) is 5.82 Å². The van der Waals surface area contributed by atoms with Crippen LogP contribution in [0.1, 0.15) is 68.6 Å². The van der Waals surface area contributed by atoms with Crippen LogP contribution in [0.15, 0.2) is 16.9 Å². The Hall–Kier alpha value is -2.00. The predicted octanol–water partition coefficient (Wildman–Crippen LogP) is 1.89. The fraction of sp³-hybridized carbons (Fsp3) is 0.667. The Balaban J connectivity index is 1.63. The molecule has 0 aromatic carbocycles. The average Bonchev–Trinajstić information content (AvgIpc) is 2.78. The first-order valence-corrected chi connectivity index (χ1v) is 12.6. The molecule has 0 radical (unpaired) electrons. The molecule has 1 aromatic rings. The number of aromatic amines is 1. The number of amides is 1. The van der Waals surface area contributed by atoms with Crippen molar-refractivity contribution >= 4 is 15.9 Å². The number of sulfonamides is 1. The van der Waals surface area contributed by atoms with Gasteiger partial charge in [-0.2, -0.15) is 4.31 Å². The Morgan fingerprint density at radius 3 is 2.80 bits per heavy atom. The number of nitrogens with one attached hydrogen (secondary N) is 1. The van der Waals surface area contributed by atoms with Crippen molar-refractivity contribution in [1.29, 1.82) is 0 Å². The molecule has 1 N–H and O–H groups in total. The average molecular weight is 435 g/mol. The molecule has 1 saturated heterocycles. The number of piperidine rings is 1. The molecule has 1 fully saturated rings. The van der Waals surface area contributed by atoms with Crippen molar-refractivity contribution in [2.75, 3.05) is 18.8 Å². The Labute approximate surface area is 177 Å². The molecular weight excluding hydrogens is 404 g/mol. The third-order valence-electron chi connectivity index (χ3n) is 6.53. The molecule has 30 heavy (non-hydrogen) atoms. The first kappa shape index (κ1) is 21.2. The van der Waals surface area contributed by atoms with Gasteiger partial charge in [0, 0.05) is 24.6 Å². The zero-order valence-electron chi connectivity index (χ0n) is 17.5. The second-order valence-electron chi connectivity index (χ2n) is 8.39. The van der Waals surface area contributed by atoms with Crippen molar-refractivity contribution in [2.45, 2.75) is 64.5 Å². The van der Waals surface area contributed by atoms with E-state index in [9.17, 15) is 18.0 Å². The van der Waals surface area contributed by atoms with E-state index in [4.69, 9.17) is 4.98 Å². The minimum absolute atomic E-state index is 0.00913. The van der Waals surface area contributed by atoms with Crippen LogP contribution in [0.5, 0.6) is 0 Å². The van der Waals surface area contributed by atoms with Gasteiger partial charge in [-0.15, -0.1) is 0 Å². The van der Waals surface area contributed by atoms with Crippen LogP contribution < -0.4 is 5.56 Å². The molecule has 3 aliphatic rings. The van der Waals surface area contributed by atoms with E-state index in [0.717, 1.165) is 38.5 Å². The van der Waals surface area contributed by atoms with Gasteiger partial charge < -0.3 is 9.88 Å². The number of aromatic nitrogens is 2. The van der Waals surface area contributed by atoms with E-state index < -0.39 is 10.0 Å². The van der Waals surface area contributed by atoms with Gasteiger partial charge in [-0.1, -0.05) is 12.2 Å². The van der Waals surface area contributed by atoms with Crippen LogP contribution in [-0.4, -0.2) is 52.3 Å². The molecule has 9 heteroatoms. The lowest BCUT2D eigenvalue weighted by atomic mass is 9.91. The Morgan fingerprint density at radius 1 is 1.23 bits per heavy atom. The highest BCUT2D eigenvalue weighted by Gasteiger charge is 2.35. The van der Waals surface area contributed by atoms with E-state index in [1.54, 1.807) is 6.92 Å². The van der Waals surface area contributed by atoms with Gasteiger partial charge in [0.25, 0.3) is 5.56 Å². The molecule has 1 amide bonds. The van der Waals surface area contributed by atoms with Crippen LogP contribution in [0.2, 0.25) is 0 Å². The number of carbonyl (C=O) groups excluding carboxylic acids is 1. The van der Waals surface area contributed by atoms with Crippen molar-refractivity contribution in [3.8, 4) is 0 Å². The van der Waals surface area contributed by atoms with Crippen molar-refractivity contribution < 1.29 is 13.2 Å². The van der Waals surface area contributed by atoms with E-state index in [1.165, 1.54) is 4.31 Å². The molecular formula is C21H30N4O4S. The SMILES string of the molecule is CCS(=O)(=O)N1CCc2c(nc([C@@H]3CCCCN3C(=O)[C@H]3CC=CCC3)[nH]c2=O)C1. The van der Waals surface area contributed by atoms with Gasteiger partial charge in [0.2, 0.25) is 15.9 Å². The van der Waals surface area contributed by atoms with Gasteiger partial charge in [0.05, 0.1) is 24.0 Å². The topological polar surface area (TPSA) is 103 Å². The summed E-state index contributed by atoms with van der Waals surface area (Å²) < 4.78 is 26.0. The summed E-state index contributed by atoms with van der Waals surface area (Å²) in [6.07, 6.45) is 9.77. The third-order valence-corrected chi connectivity index (χ3v) is 8.36. The van der Waals surface area contributed by atoms with Crippen LogP contribution in [0.3, 0.4) is 0 Å². The zero-order chi connectivity index (χ0) is 21.3. The summed E-state index contributed by atoms with van der Waals surface area (Å²) in [6.45, 7) is 2.71. The van der Waals surface area contributed by atoms with Crippen molar-refractivity contribution in [1.82, 2.24) is 19.2 Å². The Kier molecular flexibility index (Phi) is 6.11. The number of hydrogen-bond donors (Lipinski definition) is 1. The maximum absolute atomic E-state index is 13.2. The van der Waals surface area contributed by atoms with Gasteiger partial charge in [0.15, 0.2) is 0 Å². The van der Waals surface area contributed by atoms with Crippen molar-refractivity contribution in [3.05, 3.63) is 39.6 Å². The number of allylic oxidation sites excluding steroid dienone is 2. The number of nitrogens with zero attached hydrogens (tertiary/aromatic N) is 3. The third kappa shape index (κ3) is 4.09. The normalized spacial score (nSPS) is 25.2. The molecule has 164 valence electrons. The molecule has 4 rings (SSSR count). The first-order valence-electron chi connectivity index (χ1n) is 11.0. The fourth-order valence-electron chi connectivity index (χ4n) is 4.74. The monoisotopic (exact) mass is 434 g/mol. The highest BCUT2D eigenvalue weighted by Crippen LogP contribution is 2.33. The summed E-state index contributed by atoms with van der Waals surface area (Å²) in [6, 6.07) is -0.256. The first-order chi connectivity index (χ1) is 14.4. The number of fused-ring (bicyclic) bond motifs is 1. The zero-order valence-corrected chi connectivity index (χ0v) is 18.3. The standard InChI is InChI=1S/C21H30N4O4S/c1-2-30(28,29)24-13-11-16-17(14-24)22-19(23-20(16)26)18-10-6-7-12-25(18)21(27)15-8-4-3-5-9-15/h3-4,15,18H,2,5-14H2,1H3,(H,22,23,26)/t15-,18-/m0/s1. The van der Waals surface area contributed by atoms with Gasteiger partial charge in [-0.3, -0.25) is 9.59 Å². The Bertz CT molecular complexity index is 1000. The number of H-pyrrole nitrogens is 1. The van der Waals surface area contributed by atoms with Crippen LogP contribution in [0.25, 0.3) is 0 Å².